The van der Waals surface area contributed by atoms with Gasteiger partial charge in [-0.1, -0.05) is 13.3 Å². The van der Waals surface area contributed by atoms with E-state index in [1.807, 2.05) is 12.1 Å². The molecule has 0 bridgehead atoms. The van der Waals surface area contributed by atoms with Crippen molar-refractivity contribution in [3.05, 3.63) is 38.7 Å². The summed E-state index contributed by atoms with van der Waals surface area (Å²) < 4.78 is 4.99. The Hall–Kier alpha value is -2.45. The summed E-state index contributed by atoms with van der Waals surface area (Å²) in [4.78, 5) is 32.5. The number of aryl methyl sites for hydroxylation is 2. The molecule has 0 aromatic carbocycles. The average molecular weight is 444 g/mol. The smallest absolute Gasteiger partial charge is 0.341 e. The Morgan fingerprint density at radius 2 is 2.03 bits per heavy atom. The molecule has 0 spiro atoms. The van der Waals surface area contributed by atoms with Crippen LogP contribution in [0.4, 0.5) is 10.7 Å². The van der Waals surface area contributed by atoms with Crippen LogP contribution in [0.2, 0.25) is 0 Å². The molecule has 0 saturated heterocycles. The standard InChI is InChI=1S/C22H25N3O3S2/c1-3-4-7-12-10-11-14-17(23)18(30-20(14)24-12)19(26)25-21-16(22(27)28-2)13-8-5-6-9-15(13)29-21/h10-11H,3-9,23H2,1-2H3,(H,25,26). The third kappa shape index (κ3) is 3.81. The van der Waals surface area contributed by atoms with E-state index in [0.717, 1.165) is 71.3 Å². The van der Waals surface area contributed by atoms with Gasteiger partial charge in [-0.2, -0.15) is 0 Å². The highest BCUT2D eigenvalue weighted by Gasteiger charge is 2.28. The van der Waals surface area contributed by atoms with Crippen LogP contribution < -0.4 is 11.1 Å². The number of thiophene rings is 2. The number of aromatic nitrogens is 1. The summed E-state index contributed by atoms with van der Waals surface area (Å²) in [6.07, 6.45) is 6.98. The van der Waals surface area contributed by atoms with Gasteiger partial charge in [-0.15, -0.1) is 22.7 Å². The predicted octanol–water partition coefficient (Wildman–Crippen LogP) is 5.20. The van der Waals surface area contributed by atoms with Crippen LogP contribution in [-0.4, -0.2) is 24.0 Å². The zero-order valence-electron chi connectivity index (χ0n) is 17.2. The number of nitrogens with zero attached hydrogens (tertiary/aromatic N) is 1. The van der Waals surface area contributed by atoms with Crippen LogP contribution in [0.5, 0.6) is 0 Å². The molecule has 3 aromatic heterocycles. The van der Waals surface area contributed by atoms with Gasteiger partial charge in [0.1, 0.15) is 14.7 Å². The highest BCUT2D eigenvalue weighted by atomic mass is 32.1. The second-order valence-corrected chi connectivity index (χ2v) is 9.57. The number of pyridine rings is 1. The summed E-state index contributed by atoms with van der Waals surface area (Å²) in [6.45, 7) is 2.15. The van der Waals surface area contributed by atoms with Crippen LogP contribution in [0.3, 0.4) is 0 Å². The largest absolute Gasteiger partial charge is 0.465 e. The van der Waals surface area contributed by atoms with Gasteiger partial charge in [0.05, 0.1) is 18.4 Å². The van der Waals surface area contributed by atoms with Crippen LogP contribution in [0.25, 0.3) is 10.2 Å². The maximum absolute atomic E-state index is 13.1. The first-order chi connectivity index (χ1) is 14.5. The number of hydrogen-bond acceptors (Lipinski definition) is 7. The summed E-state index contributed by atoms with van der Waals surface area (Å²) in [5, 5.41) is 4.28. The number of carbonyl (C=O) groups is 2. The van der Waals surface area contributed by atoms with Crippen LogP contribution in [0.15, 0.2) is 12.1 Å². The van der Waals surface area contributed by atoms with Gasteiger partial charge >= 0.3 is 5.97 Å². The van der Waals surface area contributed by atoms with Crippen LogP contribution in [-0.2, 0) is 24.0 Å². The first kappa shape index (κ1) is 20.8. The third-order valence-electron chi connectivity index (χ3n) is 5.43. The molecular formula is C22H25N3O3S2. The Morgan fingerprint density at radius 3 is 2.80 bits per heavy atom. The Morgan fingerprint density at radius 1 is 1.23 bits per heavy atom. The molecule has 158 valence electrons. The fraction of sp³-hybridized carbons (Fsp3) is 0.409. The van der Waals surface area contributed by atoms with Crippen LogP contribution in [0.1, 0.15) is 68.8 Å². The van der Waals surface area contributed by atoms with Crippen molar-refractivity contribution in [3.8, 4) is 0 Å². The molecule has 3 aromatic rings. The minimum absolute atomic E-state index is 0.311. The zero-order valence-corrected chi connectivity index (χ0v) is 18.8. The molecule has 1 amide bonds. The van der Waals surface area contributed by atoms with Gasteiger partial charge in [0, 0.05) is 16.0 Å². The fourth-order valence-corrected chi connectivity index (χ4v) is 6.11. The topological polar surface area (TPSA) is 94.3 Å². The van der Waals surface area contributed by atoms with Crippen molar-refractivity contribution in [2.45, 2.75) is 51.9 Å². The maximum Gasteiger partial charge on any atom is 0.341 e. The second-order valence-electron chi connectivity index (χ2n) is 7.46. The highest BCUT2D eigenvalue weighted by molar-refractivity contribution is 7.21. The summed E-state index contributed by atoms with van der Waals surface area (Å²) in [6, 6.07) is 3.92. The Kier molecular flexibility index (Phi) is 6.06. The molecule has 0 aliphatic heterocycles. The minimum Gasteiger partial charge on any atom is -0.465 e. The van der Waals surface area contributed by atoms with Gasteiger partial charge in [-0.25, -0.2) is 9.78 Å². The van der Waals surface area contributed by atoms with E-state index in [0.29, 0.717) is 21.1 Å². The van der Waals surface area contributed by atoms with E-state index in [1.54, 1.807) is 0 Å². The highest BCUT2D eigenvalue weighted by Crippen LogP contribution is 2.40. The lowest BCUT2D eigenvalue weighted by Crippen LogP contribution is -2.15. The van der Waals surface area contributed by atoms with Crippen molar-refractivity contribution in [2.24, 2.45) is 0 Å². The molecule has 0 saturated carbocycles. The van der Waals surface area contributed by atoms with Crippen molar-refractivity contribution < 1.29 is 14.3 Å². The number of nitrogen functional groups attached to an aromatic ring is 1. The molecule has 8 heteroatoms. The molecule has 1 aliphatic carbocycles. The van der Waals surface area contributed by atoms with E-state index >= 15 is 0 Å². The average Bonchev–Trinajstić information content (AvgIpc) is 3.28. The van der Waals surface area contributed by atoms with Crippen molar-refractivity contribution >= 4 is 55.5 Å². The van der Waals surface area contributed by atoms with E-state index in [9.17, 15) is 9.59 Å². The summed E-state index contributed by atoms with van der Waals surface area (Å²) in [5.74, 6) is -0.717. The SMILES string of the molecule is CCCCc1ccc2c(N)c(C(=O)Nc3sc4c(c3C(=O)OC)CCCC4)sc2n1. The van der Waals surface area contributed by atoms with Crippen LogP contribution >= 0.6 is 22.7 Å². The summed E-state index contributed by atoms with van der Waals surface area (Å²) >= 11 is 2.76. The number of anilines is 2. The number of nitrogens with two attached hydrogens (primary N) is 1. The first-order valence-corrected chi connectivity index (χ1v) is 11.9. The molecule has 0 radical (unpaired) electrons. The lowest BCUT2D eigenvalue weighted by atomic mass is 9.95. The minimum atomic E-state index is -0.406. The number of fused-ring (bicyclic) bond motifs is 2. The number of unbranched alkanes of at least 4 members (excludes halogenated alkanes) is 1. The molecular weight excluding hydrogens is 418 g/mol. The molecule has 0 atom stereocenters. The number of amides is 1. The van der Waals surface area contributed by atoms with E-state index in [2.05, 4.69) is 17.2 Å². The molecule has 3 N–H and O–H groups in total. The molecule has 1 aliphatic rings. The second kappa shape index (κ2) is 8.73. The quantitative estimate of drug-likeness (QED) is 0.511. The number of nitrogens with one attached hydrogen (secondary N) is 1. The lowest BCUT2D eigenvalue weighted by molar-refractivity contribution is 0.0601. The molecule has 0 fully saturated rings. The van der Waals surface area contributed by atoms with E-state index < -0.39 is 5.97 Å². The van der Waals surface area contributed by atoms with Crippen molar-refractivity contribution in [2.75, 3.05) is 18.2 Å². The monoisotopic (exact) mass is 443 g/mol. The van der Waals surface area contributed by atoms with Gasteiger partial charge in [-0.3, -0.25) is 4.79 Å². The number of methoxy groups -OCH3 is 1. The number of rotatable bonds is 6. The van der Waals surface area contributed by atoms with Gasteiger partial charge in [0.15, 0.2) is 0 Å². The van der Waals surface area contributed by atoms with Gasteiger partial charge in [-0.05, 0) is 56.2 Å². The van der Waals surface area contributed by atoms with Gasteiger partial charge in [0.2, 0.25) is 0 Å². The molecule has 30 heavy (non-hydrogen) atoms. The first-order valence-electron chi connectivity index (χ1n) is 10.3. The van der Waals surface area contributed by atoms with Crippen LogP contribution in [0, 0.1) is 0 Å². The number of hydrogen-bond donors (Lipinski definition) is 2. The Bertz CT molecular complexity index is 1120. The zero-order chi connectivity index (χ0) is 21.3. The van der Waals surface area contributed by atoms with E-state index in [4.69, 9.17) is 10.5 Å². The Labute approximate surface area is 183 Å². The normalized spacial score (nSPS) is 13.3. The summed E-state index contributed by atoms with van der Waals surface area (Å²) in [7, 11) is 1.37. The van der Waals surface area contributed by atoms with Crippen molar-refractivity contribution in [3.63, 3.8) is 0 Å². The molecule has 6 nitrogen and oxygen atoms in total. The van der Waals surface area contributed by atoms with Crippen molar-refractivity contribution in [1.82, 2.24) is 4.98 Å². The molecule has 3 heterocycles. The third-order valence-corrected chi connectivity index (χ3v) is 7.75. The lowest BCUT2D eigenvalue weighted by Gasteiger charge is -2.11. The van der Waals surface area contributed by atoms with E-state index in [-0.39, 0.29) is 5.91 Å². The Balaban J connectivity index is 1.66. The number of esters is 1. The molecule has 0 unspecified atom stereocenters. The van der Waals surface area contributed by atoms with Gasteiger partial charge < -0.3 is 15.8 Å². The molecule has 4 rings (SSSR count). The fourth-order valence-electron chi connectivity index (χ4n) is 3.83. The van der Waals surface area contributed by atoms with Gasteiger partial charge in [0.25, 0.3) is 5.91 Å². The summed E-state index contributed by atoms with van der Waals surface area (Å²) in [5.41, 5.74) is 9.24. The van der Waals surface area contributed by atoms with Crippen molar-refractivity contribution in [1.29, 1.82) is 0 Å². The maximum atomic E-state index is 13.1. The van der Waals surface area contributed by atoms with E-state index in [1.165, 1.54) is 29.8 Å². The number of carbonyl (C=O) groups excluding carboxylic acids is 2. The predicted molar refractivity (Wildman–Crippen MR) is 123 cm³/mol. The number of ether oxygens (including phenoxy) is 1.